The molecule has 0 radical (unpaired) electrons. The highest BCUT2D eigenvalue weighted by atomic mass is 32.2. The number of carbonyl (C=O) groups excluding carboxylic acids is 1. The molecule has 0 spiro atoms. The molecular formula is C18H11F7N6O3S. The molecule has 0 saturated heterocycles. The number of benzene rings is 2. The lowest BCUT2D eigenvalue weighted by atomic mass is 9.94. The highest BCUT2D eigenvalue weighted by Gasteiger charge is 2.73. The molecule has 1 N–H and O–H groups in total. The van der Waals surface area contributed by atoms with Gasteiger partial charge in [-0.25, -0.2) is 9.07 Å². The van der Waals surface area contributed by atoms with Gasteiger partial charge < -0.3 is 5.32 Å². The molecule has 3 aromatic rings. The number of aryl methyl sites for hydroxylation is 1. The van der Waals surface area contributed by atoms with E-state index in [0.717, 1.165) is 23.9 Å². The van der Waals surface area contributed by atoms with Crippen molar-refractivity contribution in [3.05, 3.63) is 63.7 Å². The Morgan fingerprint density at radius 3 is 2.11 bits per heavy atom. The monoisotopic (exact) mass is 524 g/mol. The number of nitro groups is 1. The summed E-state index contributed by atoms with van der Waals surface area (Å²) in [4.78, 5) is 23.3. The van der Waals surface area contributed by atoms with Gasteiger partial charge in [-0.05, 0) is 40.4 Å². The third-order valence-corrected chi connectivity index (χ3v) is 5.63. The minimum Gasteiger partial charge on any atom is -0.322 e. The van der Waals surface area contributed by atoms with Crippen LogP contribution in [0.25, 0.3) is 0 Å². The molecule has 3 rings (SSSR count). The maximum absolute atomic E-state index is 14.2. The highest BCUT2D eigenvalue weighted by Crippen LogP contribution is 2.53. The van der Waals surface area contributed by atoms with Crippen molar-refractivity contribution in [3.63, 3.8) is 0 Å². The van der Waals surface area contributed by atoms with Crippen molar-refractivity contribution < 1.29 is 40.5 Å². The van der Waals surface area contributed by atoms with E-state index in [9.17, 15) is 45.6 Å². The number of nitro benzene ring substituents is 1. The molecular weight excluding hydrogens is 513 g/mol. The van der Waals surface area contributed by atoms with Crippen molar-refractivity contribution in [1.82, 2.24) is 20.2 Å². The first-order valence-corrected chi connectivity index (χ1v) is 9.89. The number of alkyl halides is 7. The predicted molar refractivity (Wildman–Crippen MR) is 105 cm³/mol. The lowest BCUT2D eigenvalue weighted by Gasteiger charge is -2.30. The van der Waals surface area contributed by atoms with Crippen LogP contribution >= 0.6 is 11.8 Å². The Bertz CT molecular complexity index is 1250. The minimum atomic E-state index is -6.29. The van der Waals surface area contributed by atoms with E-state index in [1.165, 1.54) is 17.8 Å². The number of nitrogens with zero attached hydrogens (tertiary/aromatic N) is 5. The van der Waals surface area contributed by atoms with E-state index in [1.54, 1.807) is 0 Å². The van der Waals surface area contributed by atoms with Crippen LogP contribution in [-0.2, 0) is 12.7 Å². The summed E-state index contributed by atoms with van der Waals surface area (Å²) in [5.41, 5.74) is -8.40. The average molecular weight is 524 g/mol. The number of nitrogens with one attached hydrogen (secondary N) is 1. The maximum Gasteiger partial charge on any atom is 0.435 e. The topological polar surface area (TPSA) is 116 Å². The van der Waals surface area contributed by atoms with E-state index in [1.807, 2.05) is 0 Å². The van der Waals surface area contributed by atoms with Gasteiger partial charge >= 0.3 is 18.0 Å². The molecule has 0 saturated carbocycles. The van der Waals surface area contributed by atoms with Crippen LogP contribution in [0.3, 0.4) is 0 Å². The largest absolute Gasteiger partial charge is 0.435 e. The smallest absolute Gasteiger partial charge is 0.322 e. The summed E-state index contributed by atoms with van der Waals surface area (Å²) in [5.74, 6) is -0.989. The number of carbonyl (C=O) groups is 1. The zero-order chi connectivity index (χ0) is 26.2. The van der Waals surface area contributed by atoms with Crippen molar-refractivity contribution in [3.8, 4) is 0 Å². The summed E-state index contributed by atoms with van der Waals surface area (Å²) in [6, 6.07) is 4.98. The number of hydrogen-bond acceptors (Lipinski definition) is 7. The van der Waals surface area contributed by atoms with Crippen molar-refractivity contribution in [2.45, 2.75) is 28.1 Å². The second kappa shape index (κ2) is 9.12. The lowest BCUT2D eigenvalue weighted by Crippen LogP contribution is -2.50. The van der Waals surface area contributed by atoms with E-state index in [2.05, 4.69) is 20.8 Å². The van der Waals surface area contributed by atoms with Crippen LogP contribution in [0.1, 0.15) is 15.9 Å². The van der Waals surface area contributed by atoms with Crippen LogP contribution in [0, 0.1) is 10.1 Å². The van der Waals surface area contributed by atoms with Gasteiger partial charge in [0.05, 0.1) is 10.5 Å². The van der Waals surface area contributed by atoms with Crippen molar-refractivity contribution in [2.24, 2.45) is 7.05 Å². The Balaban J connectivity index is 1.93. The third-order valence-electron chi connectivity index (χ3n) is 4.52. The van der Waals surface area contributed by atoms with E-state index >= 15 is 0 Å². The number of halogens is 7. The Hall–Kier alpha value is -3.76. The number of aromatic nitrogens is 4. The molecule has 0 fully saturated rings. The van der Waals surface area contributed by atoms with Gasteiger partial charge in [0.25, 0.3) is 11.6 Å². The molecule has 35 heavy (non-hydrogen) atoms. The number of rotatable bonds is 6. The van der Waals surface area contributed by atoms with Gasteiger partial charge in [0.1, 0.15) is 0 Å². The van der Waals surface area contributed by atoms with Crippen molar-refractivity contribution in [2.75, 3.05) is 5.32 Å². The van der Waals surface area contributed by atoms with Crippen LogP contribution in [0.4, 0.5) is 42.1 Å². The predicted octanol–water partition coefficient (Wildman–Crippen LogP) is 4.81. The number of tetrazole rings is 1. The molecule has 1 heterocycles. The molecule has 2 aromatic carbocycles. The third kappa shape index (κ3) is 5.03. The number of anilines is 1. The second-order valence-electron chi connectivity index (χ2n) is 6.81. The Morgan fingerprint density at radius 2 is 1.63 bits per heavy atom. The minimum absolute atomic E-state index is 0.152. The van der Waals surface area contributed by atoms with E-state index in [4.69, 9.17) is 0 Å². The molecule has 1 aromatic heterocycles. The van der Waals surface area contributed by atoms with Crippen LogP contribution in [0.5, 0.6) is 0 Å². The highest BCUT2D eigenvalue weighted by molar-refractivity contribution is 7.99. The van der Waals surface area contributed by atoms with E-state index in [0.29, 0.717) is 12.1 Å². The number of non-ortho nitro benzene ring substituents is 1. The van der Waals surface area contributed by atoms with E-state index in [-0.39, 0.29) is 33.4 Å². The molecule has 186 valence electrons. The zero-order valence-corrected chi connectivity index (χ0v) is 17.9. The van der Waals surface area contributed by atoms with Crippen molar-refractivity contribution >= 4 is 29.0 Å². The molecule has 9 nitrogen and oxygen atoms in total. The first-order valence-electron chi connectivity index (χ1n) is 9.08. The van der Waals surface area contributed by atoms with Crippen molar-refractivity contribution in [1.29, 1.82) is 0 Å². The summed E-state index contributed by atoms with van der Waals surface area (Å²) in [6.07, 6.45) is -12.6. The van der Waals surface area contributed by atoms with Gasteiger partial charge in [0.15, 0.2) is 0 Å². The fraction of sp³-hybridized carbons (Fsp3) is 0.222. The fourth-order valence-corrected chi connectivity index (χ4v) is 3.61. The second-order valence-corrected chi connectivity index (χ2v) is 7.82. The first kappa shape index (κ1) is 25.9. The summed E-state index contributed by atoms with van der Waals surface area (Å²) in [5, 5.41) is 24.2. The molecule has 0 aliphatic rings. The molecule has 1 amide bonds. The Kier molecular flexibility index (Phi) is 6.74. The standard InChI is InChI=1S/C18H11F7N6O3S/c1-30-15(27-28-29-30)35-13-7-6-11(31(33)34)8-12(13)14(32)26-10-4-2-9(3-5-10)16(19,17(20,21)22)18(23,24)25/h2-8H,1H3,(H,26,32). The number of amides is 1. The Morgan fingerprint density at radius 1 is 1.03 bits per heavy atom. The van der Waals surface area contributed by atoms with Crippen LogP contribution in [0.2, 0.25) is 0 Å². The van der Waals surface area contributed by atoms with Crippen LogP contribution in [0.15, 0.2) is 52.5 Å². The maximum atomic E-state index is 14.2. The van der Waals surface area contributed by atoms with Gasteiger partial charge in [0.2, 0.25) is 5.16 Å². The SMILES string of the molecule is Cn1nnnc1Sc1ccc([N+](=O)[O-])cc1C(=O)Nc1ccc(C(F)(C(F)(F)F)C(F)(F)F)cc1. The van der Waals surface area contributed by atoms with Gasteiger partial charge in [-0.3, -0.25) is 14.9 Å². The summed E-state index contributed by atoms with van der Waals surface area (Å²) >= 11 is 0.862. The normalized spacial score (nSPS) is 12.5. The quantitative estimate of drug-likeness (QED) is 0.280. The lowest BCUT2D eigenvalue weighted by molar-refractivity contribution is -0.384. The molecule has 0 unspecified atom stereocenters. The van der Waals surface area contributed by atoms with Gasteiger partial charge in [-0.1, -0.05) is 12.1 Å². The molecule has 0 bridgehead atoms. The fourth-order valence-electron chi connectivity index (χ4n) is 2.77. The summed E-state index contributed by atoms with van der Waals surface area (Å²) in [6.45, 7) is 0. The Labute approximate surface area is 194 Å². The average Bonchev–Trinajstić information content (AvgIpc) is 3.16. The van der Waals surface area contributed by atoms with Gasteiger partial charge in [-0.2, -0.15) is 26.3 Å². The zero-order valence-electron chi connectivity index (χ0n) is 17.1. The van der Waals surface area contributed by atoms with E-state index < -0.39 is 40.1 Å². The first-order chi connectivity index (χ1) is 16.1. The van der Waals surface area contributed by atoms with Crippen LogP contribution < -0.4 is 5.32 Å². The number of hydrogen-bond donors (Lipinski definition) is 1. The molecule has 17 heteroatoms. The molecule has 0 aliphatic heterocycles. The molecule has 0 atom stereocenters. The summed E-state index contributed by atoms with van der Waals surface area (Å²) < 4.78 is 92.9. The van der Waals surface area contributed by atoms with Gasteiger partial charge in [-0.15, -0.1) is 5.10 Å². The summed E-state index contributed by atoms with van der Waals surface area (Å²) in [7, 11) is 1.49. The van der Waals surface area contributed by atoms with Crippen LogP contribution in [-0.4, -0.2) is 43.4 Å². The van der Waals surface area contributed by atoms with Gasteiger partial charge in [0, 0.05) is 35.3 Å². The molecule has 0 aliphatic carbocycles.